The van der Waals surface area contributed by atoms with E-state index >= 15 is 0 Å². The van der Waals surface area contributed by atoms with Crippen molar-refractivity contribution in [1.29, 1.82) is 0 Å². The standard InChI is InChI=1S/C15H24N4O/c1-12(2)9-19-10-13(8-16-19)17-14(20)18-7-6-15(11-18)4-3-5-15/h8,10,12H,3-7,9,11H2,1-2H3,(H,17,20). The lowest BCUT2D eigenvalue weighted by Gasteiger charge is -2.37. The van der Waals surface area contributed by atoms with E-state index in [-0.39, 0.29) is 6.03 Å². The van der Waals surface area contributed by atoms with Crippen molar-refractivity contribution in [3.05, 3.63) is 12.4 Å². The van der Waals surface area contributed by atoms with Crippen LogP contribution in [0.15, 0.2) is 12.4 Å². The summed E-state index contributed by atoms with van der Waals surface area (Å²) >= 11 is 0. The topological polar surface area (TPSA) is 50.2 Å². The van der Waals surface area contributed by atoms with Crippen LogP contribution in [0.2, 0.25) is 0 Å². The monoisotopic (exact) mass is 276 g/mol. The highest BCUT2D eigenvalue weighted by atomic mass is 16.2. The van der Waals surface area contributed by atoms with Gasteiger partial charge in [0, 0.05) is 25.8 Å². The molecule has 1 spiro atoms. The van der Waals surface area contributed by atoms with Crippen molar-refractivity contribution >= 4 is 11.7 Å². The third kappa shape index (κ3) is 2.67. The molecular weight excluding hydrogens is 252 g/mol. The molecule has 0 radical (unpaired) electrons. The number of nitrogens with zero attached hydrogens (tertiary/aromatic N) is 3. The molecule has 1 aliphatic heterocycles. The number of carbonyl (C=O) groups excluding carboxylic acids is 1. The lowest BCUT2D eigenvalue weighted by Crippen LogP contribution is -2.37. The Kier molecular flexibility index (Phi) is 3.44. The molecule has 0 aromatic carbocycles. The smallest absolute Gasteiger partial charge is 0.321 e. The fourth-order valence-electron chi connectivity index (χ4n) is 3.30. The second-order valence-electron chi connectivity index (χ2n) is 6.80. The number of nitrogens with one attached hydrogen (secondary N) is 1. The summed E-state index contributed by atoms with van der Waals surface area (Å²) in [7, 11) is 0. The SMILES string of the molecule is CC(C)Cn1cc(NC(=O)N2CCC3(CCC3)C2)cn1. The number of anilines is 1. The molecule has 1 saturated carbocycles. The van der Waals surface area contributed by atoms with Crippen molar-refractivity contribution in [2.75, 3.05) is 18.4 Å². The minimum atomic E-state index is 0.0258. The van der Waals surface area contributed by atoms with Crippen molar-refractivity contribution in [3.8, 4) is 0 Å². The summed E-state index contributed by atoms with van der Waals surface area (Å²) in [6.45, 7) is 7.01. The molecule has 0 atom stereocenters. The molecule has 3 rings (SSSR count). The first-order chi connectivity index (χ1) is 9.56. The molecule has 5 nitrogen and oxygen atoms in total. The number of rotatable bonds is 3. The molecule has 1 aliphatic carbocycles. The molecule has 2 fully saturated rings. The van der Waals surface area contributed by atoms with Crippen LogP contribution in [0.3, 0.4) is 0 Å². The minimum Gasteiger partial charge on any atom is -0.324 e. The fraction of sp³-hybridized carbons (Fsp3) is 0.733. The highest BCUT2D eigenvalue weighted by Crippen LogP contribution is 2.47. The van der Waals surface area contributed by atoms with E-state index in [4.69, 9.17) is 0 Å². The van der Waals surface area contributed by atoms with E-state index in [1.54, 1.807) is 6.20 Å². The molecule has 2 heterocycles. The first kappa shape index (κ1) is 13.5. The summed E-state index contributed by atoms with van der Waals surface area (Å²) < 4.78 is 1.89. The van der Waals surface area contributed by atoms with Crippen LogP contribution in [-0.2, 0) is 6.54 Å². The van der Waals surface area contributed by atoms with E-state index in [2.05, 4.69) is 24.3 Å². The Labute approximate surface area is 120 Å². The zero-order valence-electron chi connectivity index (χ0n) is 12.4. The van der Waals surface area contributed by atoms with Crippen LogP contribution in [0.5, 0.6) is 0 Å². The fourth-order valence-corrected chi connectivity index (χ4v) is 3.30. The maximum absolute atomic E-state index is 12.3. The van der Waals surface area contributed by atoms with Crippen LogP contribution in [0, 0.1) is 11.3 Å². The summed E-state index contributed by atoms with van der Waals surface area (Å²) in [4.78, 5) is 14.2. The van der Waals surface area contributed by atoms with E-state index in [1.165, 1.54) is 25.7 Å². The number of urea groups is 1. The molecule has 0 bridgehead atoms. The van der Waals surface area contributed by atoms with Gasteiger partial charge in [-0.05, 0) is 30.6 Å². The molecule has 0 unspecified atom stereocenters. The molecule has 1 N–H and O–H groups in total. The predicted octanol–water partition coefficient (Wildman–Crippen LogP) is 2.95. The molecule has 2 aliphatic rings. The zero-order valence-corrected chi connectivity index (χ0v) is 12.4. The predicted molar refractivity (Wildman–Crippen MR) is 78.6 cm³/mol. The summed E-state index contributed by atoms with van der Waals surface area (Å²) in [5.74, 6) is 0.551. The molecule has 5 heteroatoms. The lowest BCUT2D eigenvalue weighted by molar-refractivity contribution is 0.144. The third-order valence-electron chi connectivity index (χ3n) is 4.58. The normalized spacial score (nSPS) is 20.4. The number of carbonyl (C=O) groups is 1. The number of hydrogen-bond acceptors (Lipinski definition) is 2. The second kappa shape index (κ2) is 5.11. The van der Waals surface area contributed by atoms with Crippen LogP contribution >= 0.6 is 0 Å². The van der Waals surface area contributed by atoms with Gasteiger partial charge in [0.25, 0.3) is 0 Å². The third-order valence-corrected chi connectivity index (χ3v) is 4.58. The van der Waals surface area contributed by atoms with Gasteiger partial charge in [-0.25, -0.2) is 4.79 Å². The molecule has 1 aromatic rings. The average molecular weight is 276 g/mol. The molecule has 2 amide bonds. The van der Waals surface area contributed by atoms with Crippen molar-refractivity contribution in [1.82, 2.24) is 14.7 Å². The van der Waals surface area contributed by atoms with E-state index in [0.29, 0.717) is 11.3 Å². The summed E-state index contributed by atoms with van der Waals surface area (Å²) in [6.07, 6.45) is 8.74. The Hall–Kier alpha value is -1.52. The van der Waals surface area contributed by atoms with Crippen molar-refractivity contribution in [2.24, 2.45) is 11.3 Å². The van der Waals surface area contributed by atoms with Gasteiger partial charge >= 0.3 is 6.03 Å². The largest absolute Gasteiger partial charge is 0.324 e. The molecular formula is C15H24N4O. The van der Waals surface area contributed by atoms with Crippen LogP contribution in [-0.4, -0.2) is 33.8 Å². The van der Waals surface area contributed by atoms with E-state index in [0.717, 1.165) is 25.3 Å². The van der Waals surface area contributed by atoms with Gasteiger partial charge in [0.05, 0.1) is 11.9 Å². The van der Waals surface area contributed by atoms with Crippen molar-refractivity contribution in [3.63, 3.8) is 0 Å². The van der Waals surface area contributed by atoms with Crippen molar-refractivity contribution < 1.29 is 4.79 Å². The first-order valence-corrected chi connectivity index (χ1v) is 7.65. The van der Waals surface area contributed by atoms with Crippen molar-refractivity contribution in [2.45, 2.75) is 46.1 Å². The summed E-state index contributed by atoms with van der Waals surface area (Å²) in [5.41, 5.74) is 1.25. The van der Waals surface area contributed by atoms with Gasteiger partial charge < -0.3 is 10.2 Å². The van der Waals surface area contributed by atoms with Gasteiger partial charge in [0.15, 0.2) is 0 Å². The Balaban J connectivity index is 1.55. The second-order valence-corrected chi connectivity index (χ2v) is 6.80. The summed E-state index contributed by atoms with van der Waals surface area (Å²) in [5, 5.41) is 7.24. The number of hydrogen-bond donors (Lipinski definition) is 1. The van der Waals surface area contributed by atoms with Crippen LogP contribution in [0.1, 0.15) is 39.5 Å². The highest BCUT2D eigenvalue weighted by molar-refractivity contribution is 5.89. The minimum absolute atomic E-state index is 0.0258. The Morgan fingerprint density at radius 3 is 2.85 bits per heavy atom. The maximum atomic E-state index is 12.3. The van der Waals surface area contributed by atoms with Gasteiger partial charge in [-0.1, -0.05) is 20.3 Å². The average Bonchev–Trinajstić information content (AvgIpc) is 2.94. The molecule has 20 heavy (non-hydrogen) atoms. The lowest BCUT2D eigenvalue weighted by atomic mass is 9.68. The van der Waals surface area contributed by atoms with Crippen LogP contribution in [0.4, 0.5) is 10.5 Å². The zero-order chi connectivity index (χ0) is 14.2. The van der Waals surface area contributed by atoms with E-state index in [1.807, 2.05) is 15.8 Å². The summed E-state index contributed by atoms with van der Waals surface area (Å²) in [6, 6.07) is 0.0258. The number of amides is 2. The molecule has 1 aromatic heterocycles. The number of aromatic nitrogens is 2. The first-order valence-electron chi connectivity index (χ1n) is 7.65. The van der Waals surface area contributed by atoms with Crippen LogP contribution < -0.4 is 5.32 Å². The quantitative estimate of drug-likeness (QED) is 0.922. The Bertz CT molecular complexity index is 490. The van der Waals surface area contributed by atoms with Crippen LogP contribution in [0.25, 0.3) is 0 Å². The highest BCUT2D eigenvalue weighted by Gasteiger charge is 2.44. The van der Waals surface area contributed by atoms with Gasteiger partial charge in [-0.2, -0.15) is 5.10 Å². The number of likely N-dealkylation sites (tertiary alicyclic amines) is 1. The Morgan fingerprint density at radius 1 is 1.45 bits per heavy atom. The van der Waals surface area contributed by atoms with E-state index in [9.17, 15) is 4.79 Å². The van der Waals surface area contributed by atoms with Gasteiger partial charge in [-0.15, -0.1) is 0 Å². The molecule has 1 saturated heterocycles. The van der Waals surface area contributed by atoms with Gasteiger partial charge in [-0.3, -0.25) is 4.68 Å². The van der Waals surface area contributed by atoms with Gasteiger partial charge in [0.1, 0.15) is 0 Å². The molecule has 110 valence electrons. The van der Waals surface area contributed by atoms with E-state index < -0.39 is 0 Å². The van der Waals surface area contributed by atoms with Gasteiger partial charge in [0.2, 0.25) is 0 Å². The maximum Gasteiger partial charge on any atom is 0.321 e. The Morgan fingerprint density at radius 2 is 2.25 bits per heavy atom.